The summed E-state index contributed by atoms with van der Waals surface area (Å²) in [5.74, 6) is 0.557. The van der Waals surface area contributed by atoms with Crippen molar-refractivity contribution in [3.05, 3.63) is 104 Å². The van der Waals surface area contributed by atoms with Gasteiger partial charge in [-0.05, 0) is 120 Å². The van der Waals surface area contributed by atoms with Gasteiger partial charge < -0.3 is 38.2 Å². The molecule has 2 atom stereocenters. The molecule has 2 aromatic heterocycles. The second kappa shape index (κ2) is 23.2. The summed E-state index contributed by atoms with van der Waals surface area (Å²) in [4.78, 5) is 24.9. The number of benzene rings is 2. The lowest BCUT2D eigenvalue weighted by Gasteiger charge is -2.22. The lowest BCUT2D eigenvalue weighted by atomic mass is 9.91. The van der Waals surface area contributed by atoms with Crippen LogP contribution < -0.4 is 0 Å². The standard InChI is InChI=1S/C24H33NO5.C21H28INO5/c1-24(2,3)29-21(27)14-19(10-7-13-28-16-17-8-5-4-6-9-17)23-22(18-11-12-18)20(15-26)30-25-23;1-21(2,3)27-18(25)12-16(20-19(22)17(13-24)28-23-20)10-7-11-26-14-15-8-5-4-6-9-15/h4-6,8-9,18-19,26H,7,10-16H2,1-3H3;4-6,8-9,16,24H,7,10-14H2,1-3H3/t19-;16-/m00/s1. The van der Waals surface area contributed by atoms with E-state index in [1.165, 1.54) is 0 Å². The summed E-state index contributed by atoms with van der Waals surface area (Å²) >= 11 is 2.10. The number of carbonyl (C=O) groups is 2. The average molecular weight is 917 g/mol. The van der Waals surface area contributed by atoms with E-state index >= 15 is 0 Å². The van der Waals surface area contributed by atoms with Gasteiger partial charge in [-0.15, -0.1) is 0 Å². The highest BCUT2D eigenvalue weighted by Gasteiger charge is 2.36. The molecule has 1 fully saturated rings. The zero-order valence-electron chi connectivity index (χ0n) is 34.8. The van der Waals surface area contributed by atoms with Crippen LogP contribution in [0.4, 0.5) is 0 Å². The number of hydrogen-bond acceptors (Lipinski definition) is 12. The Labute approximate surface area is 356 Å². The molecule has 0 saturated heterocycles. The van der Waals surface area contributed by atoms with Gasteiger partial charge in [0.15, 0.2) is 11.5 Å². The summed E-state index contributed by atoms with van der Waals surface area (Å²) in [5, 5.41) is 27.3. The van der Waals surface area contributed by atoms with Crippen LogP contribution in [0.2, 0.25) is 0 Å². The predicted octanol–water partition coefficient (Wildman–Crippen LogP) is 9.44. The van der Waals surface area contributed by atoms with Crippen molar-refractivity contribution in [1.82, 2.24) is 10.3 Å². The summed E-state index contributed by atoms with van der Waals surface area (Å²) < 4.78 is 33.9. The molecule has 0 bridgehead atoms. The second-order valence-corrected chi connectivity index (χ2v) is 17.7. The van der Waals surface area contributed by atoms with Gasteiger partial charge in [0.2, 0.25) is 0 Å². The van der Waals surface area contributed by atoms with Crippen LogP contribution in [0.25, 0.3) is 0 Å². The fraction of sp³-hybridized carbons (Fsp3) is 0.556. The largest absolute Gasteiger partial charge is 0.460 e. The number of aliphatic hydroxyl groups excluding tert-OH is 2. The third-order valence-electron chi connectivity index (χ3n) is 9.17. The first-order chi connectivity index (χ1) is 27.7. The van der Waals surface area contributed by atoms with Crippen molar-refractivity contribution in [2.24, 2.45) is 0 Å². The normalized spacial score (nSPS) is 14.0. The lowest BCUT2D eigenvalue weighted by molar-refractivity contribution is -0.156. The number of aliphatic hydroxyl groups is 2. The quantitative estimate of drug-likeness (QED) is 0.0463. The van der Waals surface area contributed by atoms with Crippen molar-refractivity contribution in [2.75, 3.05) is 13.2 Å². The molecule has 1 aliphatic carbocycles. The molecule has 58 heavy (non-hydrogen) atoms. The molecule has 13 heteroatoms. The highest BCUT2D eigenvalue weighted by molar-refractivity contribution is 14.1. The number of aromatic nitrogens is 2. The molecule has 318 valence electrons. The number of carbonyl (C=O) groups excluding carboxylic acids is 2. The van der Waals surface area contributed by atoms with Gasteiger partial charge in [-0.25, -0.2) is 0 Å². The number of esters is 2. The zero-order chi connectivity index (χ0) is 42.1. The van der Waals surface area contributed by atoms with Crippen LogP contribution in [0.15, 0.2) is 69.7 Å². The minimum absolute atomic E-state index is 0.111. The molecule has 2 aromatic carbocycles. The van der Waals surface area contributed by atoms with Crippen LogP contribution in [0.1, 0.15) is 150 Å². The third-order valence-corrected chi connectivity index (χ3v) is 10.3. The molecule has 0 spiro atoms. The van der Waals surface area contributed by atoms with Gasteiger partial charge in [0.05, 0.1) is 35.3 Å². The highest BCUT2D eigenvalue weighted by Crippen LogP contribution is 2.46. The Bertz CT molecular complexity index is 1810. The van der Waals surface area contributed by atoms with E-state index in [-0.39, 0.29) is 49.8 Å². The summed E-state index contributed by atoms with van der Waals surface area (Å²) in [7, 11) is 0. The molecule has 5 rings (SSSR count). The summed E-state index contributed by atoms with van der Waals surface area (Å²) in [6, 6.07) is 20.1. The Morgan fingerprint density at radius 3 is 1.55 bits per heavy atom. The van der Waals surface area contributed by atoms with E-state index in [4.69, 9.17) is 28.0 Å². The molecule has 1 saturated carbocycles. The first-order valence-electron chi connectivity index (χ1n) is 20.2. The molecule has 4 aromatic rings. The molecular weight excluding hydrogens is 855 g/mol. The number of ether oxygens (including phenoxy) is 4. The van der Waals surface area contributed by atoms with Crippen LogP contribution in [0, 0.1) is 3.57 Å². The lowest BCUT2D eigenvalue weighted by Crippen LogP contribution is -2.25. The van der Waals surface area contributed by atoms with E-state index in [2.05, 4.69) is 32.9 Å². The Hall–Kier alpha value is -3.63. The van der Waals surface area contributed by atoms with Crippen molar-refractivity contribution in [3.8, 4) is 0 Å². The first kappa shape index (κ1) is 47.1. The molecule has 1 aliphatic rings. The maximum Gasteiger partial charge on any atom is 0.306 e. The van der Waals surface area contributed by atoms with E-state index < -0.39 is 11.2 Å². The van der Waals surface area contributed by atoms with Crippen LogP contribution in [-0.2, 0) is 55.0 Å². The van der Waals surface area contributed by atoms with Crippen molar-refractivity contribution in [2.45, 2.75) is 148 Å². The van der Waals surface area contributed by atoms with Crippen LogP contribution in [-0.4, -0.2) is 56.9 Å². The van der Waals surface area contributed by atoms with Crippen molar-refractivity contribution >= 4 is 34.5 Å². The topological polar surface area (TPSA) is 164 Å². The van der Waals surface area contributed by atoms with Crippen LogP contribution >= 0.6 is 22.6 Å². The van der Waals surface area contributed by atoms with Gasteiger partial charge in [-0.1, -0.05) is 71.0 Å². The molecular formula is C45H61IN2O10. The SMILES string of the molecule is CC(C)(C)OC(=O)C[C@H](CCCOCc1ccccc1)c1noc(CO)c1C1CC1.CC(C)(C)OC(=O)C[C@H](CCCOCc1ccccc1)c1noc(CO)c1I. The Balaban J connectivity index is 0.000000257. The molecule has 2 N–H and O–H groups in total. The maximum absolute atomic E-state index is 12.5. The molecule has 0 aliphatic heterocycles. The minimum Gasteiger partial charge on any atom is -0.460 e. The van der Waals surface area contributed by atoms with Gasteiger partial charge >= 0.3 is 11.9 Å². The van der Waals surface area contributed by atoms with E-state index in [0.717, 1.165) is 58.1 Å². The van der Waals surface area contributed by atoms with Crippen LogP contribution in [0.3, 0.4) is 0 Å². The summed E-state index contributed by atoms with van der Waals surface area (Å²) in [5.41, 5.74) is 3.70. The van der Waals surface area contributed by atoms with E-state index in [1.54, 1.807) is 0 Å². The second-order valence-electron chi connectivity index (χ2n) is 16.6. The smallest absolute Gasteiger partial charge is 0.306 e. The number of halogens is 1. The van der Waals surface area contributed by atoms with Gasteiger partial charge in [-0.3, -0.25) is 9.59 Å². The van der Waals surface area contributed by atoms with Gasteiger partial charge in [0.1, 0.15) is 30.1 Å². The summed E-state index contributed by atoms with van der Waals surface area (Å²) in [6.45, 7) is 13.1. The molecule has 0 amide bonds. The molecule has 12 nitrogen and oxygen atoms in total. The van der Waals surface area contributed by atoms with Crippen molar-refractivity contribution in [3.63, 3.8) is 0 Å². The van der Waals surface area contributed by atoms with E-state index in [0.29, 0.717) is 56.0 Å². The Morgan fingerprint density at radius 2 is 1.14 bits per heavy atom. The highest BCUT2D eigenvalue weighted by atomic mass is 127. The number of nitrogens with zero attached hydrogens (tertiary/aromatic N) is 2. The molecule has 0 unspecified atom stereocenters. The van der Waals surface area contributed by atoms with Crippen LogP contribution in [0.5, 0.6) is 0 Å². The van der Waals surface area contributed by atoms with Gasteiger partial charge in [-0.2, -0.15) is 0 Å². The predicted molar refractivity (Wildman–Crippen MR) is 227 cm³/mol. The monoisotopic (exact) mass is 916 g/mol. The molecule has 2 heterocycles. The summed E-state index contributed by atoms with van der Waals surface area (Å²) in [6.07, 6.45) is 5.62. The van der Waals surface area contributed by atoms with Crippen molar-refractivity contribution < 1.29 is 47.8 Å². The fourth-order valence-electron chi connectivity index (χ4n) is 6.47. The minimum atomic E-state index is -0.534. The van der Waals surface area contributed by atoms with Gasteiger partial charge in [0, 0.05) is 30.6 Å². The first-order valence-corrected chi connectivity index (χ1v) is 21.3. The van der Waals surface area contributed by atoms with E-state index in [9.17, 15) is 19.8 Å². The zero-order valence-corrected chi connectivity index (χ0v) is 37.0. The van der Waals surface area contributed by atoms with Crippen molar-refractivity contribution in [1.29, 1.82) is 0 Å². The fourth-order valence-corrected chi connectivity index (χ4v) is 7.28. The molecule has 0 radical (unpaired) electrons. The number of rotatable bonds is 21. The van der Waals surface area contributed by atoms with Gasteiger partial charge in [0.25, 0.3) is 0 Å². The number of hydrogen-bond donors (Lipinski definition) is 2. The Morgan fingerprint density at radius 1 is 0.707 bits per heavy atom. The average Bonchev–Trinajstić information content (AvgIpc) is 3.80. The maximum atomic E-state index is 12.5. The Kier molecular flexibility index (Phi) is 18.8. The van der Waals surface area contributed by atoms with E-state index in [1.807, 2.05) is 102 Å². The third kappa shape index (κ3) is 16.6.